The van der Waals surface area contributed by atoms with E-state index in [2.05, 4.69) is 31.2 Å². The first kappa shape index (κ1) is 19.9. The minimum Gasteiger partial charge on any atom is -0.423 e. The van der Waals surface area contributed by atoms with Crippen LogP contribution in [0.3, 0.4) is 0 Å². The van der Waals surface area contributed by atoms with E-state index in [0.717, 1.165) is 25.7 Å². The van der Waals surface area contributed by atoms with Crippen LogP contribution in [-0.2, 0) is 16.4 Å². The fraction of sp³-hybridized carbons (Fsp3) is 0.348. The van der Waals surface area contributed by atoms with Crippen LogP contribution in [0.15, 0.2) is 68.7 Å². The first-order valence-corrected chi connectivity index (χ1v) is 11.5. The van der Waals surface area contributed by atoms with E-state index in [1.165, 1.54) is 23.3 Å². The van der Waals surface area contributed by atoms with Gasteiger partial charge in [0, 0.05) is 24.5 Å². The second kappa shape index (κ2) is 8.13. The lowest BCUT2D eigenvalue weighted by molar-refractivity contribution is 0.263. The second-order valence-electron chi connectivity index (χ2n) is 7.83. The Morgan fingerprint density at radius 3 is 2.45 bits per heavy atom. The summed E-state index contributed by atoms with van der Waals surface area (Å²) in [5, 5.41) is 0.610. The molecule has 1 saturated heterocycles. The molecule has 29 heavy (non-hydrogen) atoms. The van der Waals surface area contributed by atoms with Crippen LogP contribution in [0.2, 0.25) is 0 Å². The lowest BCUT2D eigenvalue weighted by Gasteiger charge is -2.31. The molecule has 1 aromatic heterocycles. The molecule has 4 rings (SSSR count). The van der Waals surface area contributed by atoms with E-state index in [9.17, 15) is 13.2 Å². The summed E-state index contributed by atoms with van der Waals surface area (Å²) < 4.78 is 32.8. The van der Waals surface area contributed by atoms with E-state index in [4.69, 9.17) is 4.42 Å². The highest BCUT2D eigenvalue weighted by atomic mass is 32.2. The lowest BCUT2D eigenvalue weighted by atomic mass is 9.91. The van der Waals surface area contributed by atoms with Gasteiger partial charge in [0.1, 0.15) is 5.58 Å². The van der Waals surface area contributed by atoms with Crippen LogP contribution < -0.4 is 5.63 Å². The van der Waals surface area contributed by atoms with Crippen molar-refractivity contribution in [3.05, 3.63) is 76.1 Å². The first-order chi connectivity index (χ1) is 13.9. The zero-order valence-electron chi connectivity index (χ0n) is 16.5. The summed E-state index contributed by atoms with van der Waals surface area (Å²) in [5.74, 6) is 0.550. The van der Waals surface area contributed by atoms with Crippen LogP contribution in [0, 0.1) is 12.8 Å². The molecule has 0 saturated carbocycles. The third-order valence-electron chi connectivity index (χ3n) is 5.76. The van der Waals surface area contributed by atoms with E-state index < -0.39 is 15.6 Å². The number of hydrogen-bond acceptors (Lipinski definition) is 4. The molecule has 0 atom stereocenters. The van der Waals surface area contributed by atoms with Crippen molar-refractivity contribution in [1.82, 2.24) is 4.31 Å². The van der Waals surface area contributed by atoms with Gasteiger partial charge < -0.3 is 4.42 Å². The minimum atomic E-state index is -3.55. The average molecular weight is 412 g/mol. The molecule has 5 nitrogen and oxygen atoms in total. The van der Waals surface area contributed by atoms with Crippen LogP contribution in [0.1, 0.15) is 30.4 Å². The molecule has 2 aromatic carbocycles. The van der Waals surface area contributed by atoms with Gasteiger partial charge in [-0.25, -0.2) is 13.2 Å². The molecule has 1 aliphatic rings. The smallest absolute Gasteiger partial charge is 0.336 e. The molecule has 152 valence electrons. The molecule has 0 amide bonds. The third-order valence-corrected chi connectivity index (χ3v) is 7.66. The fourth-order valence-electron chi connectivity index (χ4n) is 3.92. The summed E-state index contributed by atoms with van der Waals surface area (Å²) in [6, 6.07) is 16.2. The molecule has 3 aromatic rings. The summed E-state index contributed by atoms with van der Waals surface area (Å²) in [6.07, 6.45) is 3.89. The number of aryl methyl sites for hydroxylation is 2. The van der Waals surface area contributed by atoms with Crippen molar-refractivity contribution < 1.29 is 12.8 Å². The second-order valence-corrected chi connectivity index (χ2v) is 9.76. The molecular formula is C23H25NO4S. The number of hydrogen-bond donors (Lipinski definition) is 0. The van der Waals surface area contributed by atoms with E-state index in [1.807, 2.05) is 0 Å². The van der Waals surface area contributed by atoms with Gasteiger partial charge in [-0.05, 0) is 68.4 Å². The van der Waals surface area contributed by atoms with E-state index in [0.29, 0.717) is 30.0 Å². The van der Waals surface area contributed by atoms with Crippen molar-refractivity contribution in [2.45, 2.75) is 37.5 Å². The molecule has 0 bridgehead atoms. The molecule has 0 spiro atoms. The Kier molecular flexibility index (Phi) is 5.56. The molecule has 0 unspecified atom stereocenters. The largest absolute Gasteiger partial charge is 0.423 e. The van der Waals surface area contributed by atoms with E-state index in [-0.39, 0.29) is 4.90 Å². The lowest BCUT2D eigenvalue weighted by Crippen LogP contribution is -2.38. The average Bonchev–Trinajstić information content (AvgIpc) is 2.73. The topological polar surface area (TPSA) is 67.6 Å². The Morgan fingerprint density at radius 1 is 1.00 bits per heavy atom. The fourth-order valence-corrected chi connectivity index (χ4v) is 5.43. The predicted octanol–water partition coefficient (Wildman–Crippen LogP) is 4.13. The zero-order chi connectivity index (χ0) is 20.4. The van der Waals surface area contributed by atoms with Gasteiger partial charge in [0.25, 0.3) is 0 Å². The Morgan fingerprint density at radius 2 is 1.72 bits per heavy atom. The molecule has 2 heterocycles. The normalized spacial score (nSPS) is 16.3. The molecular weight excluding hydrogens is 386 g/mol. The third kappa shape index (κ3) is 4.43. The van der Waals surface area contributed by atoms with Gasteiger partial charge in [0.2, 0.25) is 10.0 Å². The van der Waals surface area contributed by atoms with Gasteiger partial charge in [-0.2, -0.15) is 4.31 Å². The van der Waals surface area contributed by atoms with Crippen LogP contribution in [0.4, 0.5) is 0 Å². The van der Waals surface area contributed by atoms with Crippen molar-refractivity contribution in [1.29, 1.82) is 0 Å². The van der Waals surface area contributed by atoms with Crippen molar-refractivity contribution in [3.8, 4) is 0 Å². The van der Waals surface area contributed by atoms with Crippen molar-refractivity contribution in [2.75, 3.05) is 13.1 Å². The monoisotopic (exact) mass is 411 g/mol. The maximum absolute atomic E-state index is 13.0. The number of fused-ring (bicyclic) bond motifs is 1. The standard InChI is InChI=1S/C23H25NO4S/c1-17-2-4-18(5-3-17)6-7-19-12-14-24(15-13-19)29(26,27)21-9-10-22-20(16-21)8-11-23(25)28-22/h2-5,8-11,16,19H,6-7,12-15H2,1H3. The van der Waals surface area contributed by atoms with Crippen molar-refractivity contribution >= 4 is 21.0 Å². The zero-order valence-corrected chi connectivity index (χ0v) is 17.3. The Labute approximate surface area is 171 Å². The molecule has 6 heteroatoms. The SMILES string of the molecule is Cc1ccc(CCC2CCN(S(=O)(=O)c3ccc4oc(=O)ccc4c3)CC2)cc1. The predicted molar refractivity (Wildman–Crippen MR) is 113 cm³/mol. The quantitative estimate of drug-likeness (QED) is 0.592. The Hall–Kier alpha value is -2.44. The number of benzene rings is 2. The Bertz CT molecular complexity index is 1160. The Balaban J connectivity index is 1.40. The molecule has 0 aliphatic carbocycles. The molecule has 1 aliphatic heterocycles. The summed E-state index contributed by atoms with van der Waals surface area (Å²) in [7, 11) is -3.55. The molecule has 0 radical (unpaired) electrons. The highest BCUT2D eigenvalue weighted by Crippen LogP contribution is 2.28. The van der Waals surface area contributed by atoms with Crippen molar-refractivity contribution in [3.63, 3.8) is 0 Å². The number of nitrogens with zero attached hydrogens (tertiary/aromatic N) is 1. The van der Waals surface area contributed by atoms with Crippen molar-refractivity contribution in [2.24, 2.45) is 5.92 Å². The summed E-state index contributed by atoms with van der Waals surface area (Å²) >= 11 is 0. The van der Waals surface area contributed by atoms with Crippen LogP contribution in [0.5, 0.6) is 0 Å². The summed E-state index contributed by atoms with van der Waals surface area (Å²) in [6.45, 7) is 3.18. The maximum Gasteiger partial charge on any atom is 0.336 e. The highest BCUT2D eigenvalue weighted by Gasteiger charge is 2.29. The van der Waals surface area contributed by atoms with Crippen LogP contribution in [-0.4, -0.2) is 25.8 Å². The first-order valence-electron chi connectivity index (χ1n) is 10.0. The summed E-state index contributed by atoms with van der Waals surface area (Å²) in [4.78, 5) is 11.6. The van der Waals surface area contributed by atoms with Gasteiger partial charge in [-0.3, -0.25) is 0 Å². The maximum atomic E-state index is 13.0. The van der Waals surface area contributed by atoms with E-state index in [1.54, 1.807) is 22.5 Å². The van der Waals surface area contributed by atoms with E-state index >= 15 is 0 Å². The van der Waals surface area contributed by atoms with Gasteiger partial charge >= 0.3 is 5.63 Å². The molecule has 0 N–H and O–H groups in total. The highest BCUT2D eigenvalue weighted by molar-refractivity contribution is 7.89. The van der Waals surface area contributed by atoms with Gasteiger partial charge in [0.15, 0.2) is 0 Å². The number of sulfonamides is 1. The minimum absolute atomic E-state index is 0.247. The van der Waals surface area contributed by atoms with Gasteiger partial charge in [0.05, 0.1) is 4.90 Å². The van der Waals surface area contributed by atoms with Gasteiger partial charge in [-0.1, -0.05) is 29.8 Å². The number of piperidine rings is 1. The van der Waals surface area contributed by atoms with Crippen LogP contribution in [0.25, 0.3) is 11.0 Å². The van der Waals surface area contributed by atoms with Crippen LogP contribution >= 0.6 is 0 Å². The summed E-state index contributed by atoms with van der Waals surface area (Å²) in [5.41, 5.74) is 2.56. The van der Waals surface area contributed by atoms with Gasteiger partial charge in [-0.15, -0.1) is 0 Å². The molecule has 1 fully saturated rings. The number of rotatable bonds is 5.